The Balaban J connectivity index is 1.74. The summed E-state index contributed by atoms with van der Waals surface area (Å²) in [5.74, 6) is 0.591. The van der Waals surface area contributed by atoms with Gasteiger partial charge in [-0.25, -0.2) is 4.98 Å². The minimum atomic E-state index is 0.0469. The lowest BCUT2D eigenvalue weighted by molar-refractivity contribution is 0.0509. The first-order valence-electron chi connectivity index (χ1n) is 8.18. The van der Waals surface area contributed by atoms with Crippen LogP contribution in [0.25, 0.3) is 0 Å². The van der Waals surface area contributed by atoms with Gasteiger partial charge >= 0.3 is 0 Å². The summed E-state index contributed by atoms with van der Waals surface area (Å²) in [5.41, 5.74) is 0.657. The van der Waals surface area contributed by atoms with Crippen LogP contribution in [-0.2, 0) is 4.74 Å². The lowest BCUT2D eigenvalue weighted by Gasteiger charge is -2.39. The fourth-order valence-corrected chi connectivity index (χ4v) is 3.35. The predicted octanol–water partition coefficient (Wildman–Crippen LogP) is 2.65. The molecule has 2 fully saturated rings. The van der Waals surface area contributed by atoms with Crippen LogP contribution >= 0.6 is 0 Å². The monoisotopic (exact) mass is 304 g/mol. The van der Waals surface area contributed by atoms with Crippen molar-refractivity contribution in [2.75, 3.05) is 13.2 Å². The van der Waals surface area contributed by atoms with E-state index in [1.54, 1.807) is 18.3 Å². The van der Waals surface area contributed by atoms with E-state index < -0.39 is 0 Å². The molecule has 0 N–H and O–H groups in total. The molecule has 120 valence electrons. The number of amides is 1. The van der Waals surface area contributed by atoms with Crippen LogP contribution in [0.5, 0.6) is 5.88 Å². The molecule has 0 spiro atoms. The molecule has 1 aromatic heterocycles. The zero-order valence-electron chi connectivity index (χ0n) is 13.3. The molecule has 5 heteroatoms. The first kappa shape index (κ1) is 15.3. The fraction of sp³-hybridized carbons (Fsp3) is 0.647. The minimum Gasteiger partial charge on any atom is -0.472 e. The molecule has 3 atom stereocenters. The highest BCUT2D eigenvalue weighted by Gasteiger charge is 2.30. The van der Waals surface area contributed by atoms with Crippen molar-refractivity contribution in [2.45, 2.75) is 57.7 Å². The normalized spacial score (nSPS) is 28.6. The van der Waals surface area contributed by atoms with Crippen molar-refractivity contribution < 1.29 is 14.3 Å². The van der Waals surface area contributed by atoms with E-state index in [0.717, 1.165) is 25.9 Å². The molecule has 1 amide bonds. The molecule has 0 aromatic carbocycles. The summed E-state index contributed by atoms with van der Waals surface area (Å²) in [5, 5.41) is 0. The second-order valence-corrected chi connectivity index (χ2v) is 6.33. The average Bonchev–Trinajstić information content (AvgIpc) is 3.00. The number of carbonyl (C=O) groups is 1. The van der Waals surface area contributed by atoms with Crippen molar-refractivity contribution in [1.82, 2.24) is 9.88 Å². The van der Waals surface area contributed by atoms with Crippen molar-refractivity contribution in [3.8, 4) is 5.88 Å². The van der Waals surface area contributed by atoms with E-state index in [-0.39, 0.29) is 24.1 Å². The first-order valence-corrected chi connectivity index (χ1v) is 8.18. The lowest BCUT2D eigenvalue weighted by atomic mass is 9.96. The molecule has 3 rings (SSSR count). The van der Waals surface area contributed by atoms with Gasteiger partial charge in [-0.3, -0.25) is 4.79 Å². The van der Waals surface area contributed by atoms with Crippen molar-refractivity contribution in [2.24, 2.45) is 0 Å². The van der Waals surface area contributed by atoms with Gasteiger partial charge in [-0.15, -0.1) is 0 Å². The van der Waals surface area contributed by atoms with Gasteiger partial charge in [0.1, 0.15) is 6.10 Å². The summed E-state index contributed by atoms with van der Waals surface area (Å²) in [6.07, 6.45) is 5.91. The number of pyridine rings is 1. The van der Waals surface area contributed by atoms with Crippen molar-refractivity contribution in [3.63, 3.8) is 0 Å². The SMILES string of the molecule is CC1CCCC(C)N1C(=O)c1ccnc(OC2CCOC2)c1. The van der Waals surface area contributed by atoms with Gasteiger partial charge in [0.15, 0.2) is 0 Å². The Kier molecular flexibility index (Phi) is 4.62. The second-order valence-electron chi connectivity index (χ2n) is 6.33. The van der Waals surface area contributed by atoms with Crippen molar-refractivity contribution in [3.05, 3.63) is 23.9 Å². The summed E-state index contributed by atoms with van der Waals surface area (Å²) in [6, 6.07) is 4.11. The highest BCUT2D eigenvalue weighted by molar-refractivity contribution is 5.94. The number of rotatable bonds is 3. The van der Waals surface area contributed by atoms with Crippen LogP contribution in [0, 0.1) is 0 Å². The van der Waals surface area contributed by atoms with E-state index in [9.17, 15) is 4.79 Å². The molecule has 3 heterocycles. The van der Waals surface area contributed by atoms with E-state index in [4.69, 9.17) is 9.47 Å². The van der Waals surface area contributed by atoms with Crippen LogP contribution < -0.4 is 4.74 Å². The Hall–Kier alpha value is -1.62. The minimum absolute atomic E-state index is 0.0469. The number of nitrogens with zero attached hydrogens (tertiary/aromatic N) is 2. The van der Waals surface area contributed by atoms with Gasteiger partial charge in [-0.2, -0.15) is 0 Å². The zero-order valence-corrected chi connectivity index (χ0v) is 13.3. The number of aromatic nitrogens is 1. The molecule has 1 aromatic rings. The molecule has 0 bridgehead atoms. The molecule has 0 aliphatic carbocycles. The van der Waals surface area contributed by atoms with Gasteiger partial charge in [0.25, 0.3) is 5.91 Å². The molecule has 0 saturated carbocycles. The Labute approximate surface area is 131 Å². The smallest absolute Gasteiger partial charge is 0.254 e. The Bertz CT molecular complexity index is 518. The summed E-state index contributed by atoms with van der Waals surface area (Å²) in [6.45, 7) is 5.58. The average molecular weight is 304 g/mol. The number of carbonyl (C=O) groups excluding carboxylic acids is 1. The predicted molar refractivity (Wildman–Crippen MR) is 83.0 cm³/mol. The number of piperidine rings is 1. The number of hydrogen-bond donors (Lipinski definition) is 0. The van der Waals surface area contributed by atoms with Gasteiger partial charge in [0.05, 0.1) is 13.2 Å². The maximum absolute atomic E-state index is 12.8. The van der Waals surface area contributed by atoms with Crippen LogP contribution in [0.2, 0.25) is 0 Å². The Morgan fingerprint density at radius 2 is 2.09 bits per heavy atom. The maximum atomic E-state index is 12.8. The number of ether oxygens (including phenoxy) is 2. The topological polar surface area (TPSA) is 51.7 Å². The quantitative estimate of drug-likeness (QED) is 0.861. The molecule has 2 aliphatic rings. The van der Waals surface area contributed by atoms with Crippen molar-refractivity contribution >= 4 is 5.91 Å². The van der Waals surface area contributed by atoms with Gasteiger partial charge in [0.2, 0.25) is 5.88 Å². The standard InChI is InChI=1S/C17H24N2O3/c1-12-4-3-5-13(2)19(12)17(20)14-6-8-18-16(10-14)22-15-7-9-21-11-15/h6,8,10,12-13,15H,3-5,7,9,11H2,1-2H3. The van der Waals surface area contributed by atoms with Crippen LogP contribution in [0.1, 0.15) is 49.9 Å². The lowest BCUT2D eigenvalue weighted by Crippen LogP contribution is -2.47. The van der Waals surface area contributed by atoms with Crippen LogP contribution in [0.3, 0.4) is 0 Å². The molecular formula is C17H24N2O3. The largest absolute Gasteiger partial charge is 0.472 e. The summed E-state index contributed by atoms with van der Waals surface area (Å²) >= 11 is 0. The van der Waals surface area contributed by atoms with Gasteiger partial charge in [0, 0.05) is 36.3 Å². The number of likely N-dealkylation sites (tertiary alicyclic amines) is 1. The maximum Gasteiger partial charge on any atom is 0.254 e. The molecule has 2 saturated heterocycles. The molecule has 3 unspecified atom stereocenters. The van der Waals surface area contributed by atoms with E-state index >= 15 is 0 Å². The summed E-state index contributed by atoms with van der Waals surface area (Å²) < 4.78 is 11.1. The van der Waals surface area contributed by atoms with E-state index in [2.05, 4.69) is 18.8 Å². The third kappa shape index (κ3) is 3.24. The molecule has 22 heavy (non-hydrogen) atoms. The van der Waals surface area contributed by atoms with Gasteiger partial charge in [-0.1, -0.05) is 0 Å². The first-order chi connectivity index (χ1) is 10.6. The summed E-state index contributed by atoms with van der Waals surface area (Å²) in [4.78, 5) is 19.0. The highest BCUT2D eigenvalue weighted by Crippen LogP contribution is 2.25. The van der Waals surface area contributed by atoms with Gasteiger partial charge < -0.3 is 14.4 Å². The number of hydrogen-bond acceptors (Lipinski definition) is 4. The third-order valence-corrected chi connectivity index (χ3v) is 4.59. The molecule has 2 aliphatic heterocycles. The summed E-state index contributed by atoms with van der Waals surface area (Å²) in [7, 11) is 0. The third-order valence-electron chi connectivity index (χ3n) is 4.59. The van der Waals surface area contributed by atoms with Gasteiger partial charge in [-0.05, 0) is 39.2 Å². The highest BCUT2D eigenvalue weighted by atomic mass is 16.5. The zero-order chi connectivity index (χ0) is 15.5. The van der Waals surface area contributed by atoms with Crippen LogP contribution in [-0.4, -0.2) is 47.2 Å². The van der Waals surface area contributed by atoms with E-state index in [1.807, 2.05) is 4.90 Å². The van der Waals surface area contributed by atoms with E-state index in [1.165, 1.54) is 6.42 Å². The Morgan fingerprint density at radius 3 is 2.77 bits per heavy atom. The molecule has 5 nitrogen and oxygen atoms in total. The van der Waals surface area contributed by atoms with Crippen LogP contribution in [0.4, 0.5) is 0 Å². The fourth-order valence-electron chi connectivity index (χ4n) is 3.35. The van der Waals surface area contributed by atoms with Crippen molar-refractivity contribution in [1.29, 1.82) is 0 Å². The Morgan fingerprint density at radius 1 is 1.32 bits per heavy atom. The molecular weight excluding hydrogens is 280 g/mol. The van der Waals surface area contributed by atoms with Crippen LogP contribution in [0.15, 0.2) is 18.3 Å². The van der Waals surface area contributed by atoms with E-state index in [0.29, 0.717) is 18.1 Å². The molecule has 0 radical (unpaired) electrons. The second kappa shape index (κ2) is 6.65.